The smallest absolute Gasteiger partial charge is 0.255 e. The fraction of sp³-hybridized carbons (Fsp3) is 0.533. The van der Waals surface area contributed by atoms with Crippen LogP contribution in [0.1, 0.15) is 23.2 Å². The molecule has 0 aromatic heterocycles. The summed E-state index contributed by atoms with van der Waals surface area (Å²) in [5.41, 5.74) is 6.01. The third kappa shape index (κ3) is 9.10. The third-order valence-corrected chi connectivity index (χ3v) is 2.84. The zero-order valence-electron chi connectivity index (χ0n) is 13.2. The lowest BCUT2D eigenvalue weighted by molar-refractivity contribution is 0.0948. The number of hydrogen-bond donors (Lipinski definition) is 2. The minimum atomic E-state index is -0.0949. The largest absolute Gasteiger partial charge is 0.491 e. The summed E-state index contributed by atoms with van der Waals surface area (Å²) in [5.74, 6) is 0.535. The van der Waals surface area contributed by atoms with Crippen molar-refractivity contribution in [3.05, 3.63) is 29.8 Å². The molecular formula is C15H27Cl2N3O2. The van der Waals surface area contributed by atoms with Gasteiger partial charge in [0.2, 0.25) is 0 Å². The summed E-state index contributed by atoms with van der Waals surface area (Å²) in [6.45, 7) is 2.67. The molecular weight excluding hydrogens is 325 g/mol. The van der Waals surface area contributed by atoms with Crippen LogP contribution >= 0.6 is 24.8 Å². The first kappa shape index (κ1) is 23.3. The highest BCUT2D eigenvalue weighted by molar-refractivity contribution is 5.96. The molecule has 22 heavy (non-hydrogen) atoms. The van der Waals surface area contributed by atoms with Gasteiger partial charge in [-0.1, -0.05) is 12.1 Å². The molecule has 0 aliphatic carbocycles. The highest BCUT2D eigenvalue weighted by Gasteiger charge is 2.11. The normalized spacial score (nSPS) is 9.64. The monoisotopic (exact) mass is 351 g/mol. The van der Waals surface area contributed by atoms with E-state index in [2.05, 4.69) is 5.32 Å². The third-order valence-electron chi connectivity index (χ3n) is 2.84. The highest BCUT2D eigenvalue weighted by atomic mass is 35.5. The maximum atomic E-state index is 12.1. The number of para-hydroxylation sites is 1. The van der Waals surface area contributed by atoms with Crippen molar-refractivity contribution in [2.75, 3.05) is 40.3 Å². The first-order chi connectivity index (χ1) is 9.65. The van der Waals surface area contributed by atoms with E-state index in [1.807, 2.05) is 37.2 Å². The van der Waals surface area contributed by atoms with Crippen LogP contribution in [-0.2, 0) is 0 Å². The fourth-order valence-corrected chi connectivity index (χ4v) is 1.68. The number of nitrogens with zero attached hydrogens (tertiary/aromatic N) is 1. The Bertz CT molecular complexity index is 418. The van der Waals surface area contributed by atoms with E-state index in [4.69, 9.17) is 10.5 Å². The second-order valence-corrected chi connectivity index (χ2v) is 4.90. The lowest BCUT2D eigenvalue weighted by Crippen LogP contribution is -2.26. The van der Waals surface area contributed by atoms with Crippen molar-refractivity contribution in [3.63, 3.8) is 0 Å². The Morgan fingerprint density at radius 2 is 1.91 bits per heavy atom. The van der Waals surface area contributed by atoms with Gasteiger partial charge < -0.3 is 20.7 Å². The molecule has 0 spiro atoms. The second kappa shape index (κ2) is 13.6. The second-order valence-electron chi connectivity index (χ2n) is 4.90. The van der Waals surface area contributed by atoms with E-state index in [1.165, 1.54) is 0 Å². The lowest BCUT2D eigenvalue weighted by Gasteiger charge is -2.14. The SMILES string of the molecule is CN(C)CCOc1ccccc1C(=O)NCCCCN.Cl.Cl. The van der Waals surface area contributed by atoms with Gasteiger partial charge in [-0.3, -0.25) is 4.79 Å². The molecule has 0 heterocycles. The Balaban J connectivity index is 0. The van der Waals surface area contributed by atoms with Gasteiger partial charge in [-0.25, -0.2) is 0 Å². The van der Waals surface area contributed by atoms with Crippen LogP contribution in [0.4, 0.5) is 0 Å². The number of carbonyl (C=O) groups is 1. The van der Waals surface area contributed by atoms with Crippen LogP contribution in [0.3, 0.4) is 0 Å². The van der Waals surface area contributed by atoms with Crippen LogP contribution < -0.4 is 15.8 Å². The van der Waals surface area contributed by atoms with Gasteiger partial charge in [0.15, 0.2) is 0 Å². The Labute approximate surface area is 145 Å². The Morgan fingerprint density at radius 1 is 1.23 bits per heavy atom. The minimum absolute atomic E-state index is 0. The summed E-state index contributed by atoms with van der Waals surface area (Å²) in [6.07, 6.45) is 1.81. The fourth-order valence-electron chi connectivity index (χ4n) is 1.68. The maximum Gasteiger partial charge on any atom is 0.255 e. The van der Waals surface area contributed by atoms with Gasteiger partial charge in [-0.05, 0) is 45.6 Å². The Morgan fingerprint density at radius 3 is 2.55 bits per heavy atom. The van der Waals surface area contributed by atoms with E-state index in [0.717, 1.165) is 19.4 Å². The molecule has 3 N–H and O–H groups in total. The molecule has 1 rings (SSSR count). The topological polar surface area (TPSA) is 67.6 Å². The summed E-state index contributed by atoms with van der Waals surface area (Å²) < 4.78 is 5.67. The quantitative estimate of drug-likeness (QED) is 0.667. The number of benzene rings is 1. The van der Waals surface area contributed by atoms with Gasteiger partial charge in [0, 0.05) is 13.1 Å². The van der Waals surface area contributed by atoms with Gasteiger partial charge in [0.25, 0.3) is 5.91 Å². The van der Waals surface area contributed by atoms with Crippen molar-refractivity contribution in [3.8, 4) is 5.75 Å². The number of ether oxygens (including phenoxy) is 1. The molecule has 0 bridgehead atoms. The number of carbonyl (C=O) groups excluding carboxylic acids is 1. The first-order valence-electron chi connectivity index (χ1n) is 7.00. The molecule has 1 aromatic rings. The van der Waals surface area contributed by atoms with Crippen molar-refractivity contribution in [2.45, 2.75) is 12.8 Å². The minimum Gasteiger partial charge on any atom is -0.491 e. The van der Waals surface area contributed by atoms with E-state index in [0.29, 0.717) is 31.0 Å². The van der Waals surface area contributed by atoms with Crippen molar-refractivity contribution < 1.29 is 9.53 Å². The zero-order chi connectivity index (χ0) is 14.8. The number of nitrogens with two attached hydrogens (primary N) is 1. The molecule has 0 unspecified atom stereocenters. The van der Waals surface area contributed by atoms with E-state index < -0.39 is 0 Å². The van der Waals surface area contributed by atoms with Gasteiger partial charge in [-0.15, -0.1) is 24.8 Å². The number of halogens is 2. The molecule has 0 atom stereocenters. The molecule has 1 amide bonds. The van der Waals surface area contributed by atoms with Gasteiger partial charge in [0.1, 0.15) is 12.4 Å². The summed E-state index contributed by atoms with van der Waals surface area (Å²) in [5, 5.41) is 2.89. The summed E-state index contributed by atoms with van der Waals surface area (Å²) in [4.78, 5) is 14.1. The van der Waals surface area contributed by atoms with Crippen molar-refractivity contribution in [1.29, 1.82) is 0 Å². The molecule has 0 saturated heterocycles. The molecule has 0 aliphatic heterocycles. The van der Waals surface area contributed by atoms with Crippen LogP contribution in [0.25, 0.3) is 0 Å². The van der Waals surface area contributed by atoms with Crippen LogP contribution in [0.2, 0.25) is 0 Å². The van der Waals surface area contributed by atoms with Crippen LogP contribution in [0, 0.1) is 0 Å². The van der Waals surface area contributed by atoms with Crippen LogP contribution in [0.15, 0.2) is 24.3 Å². The number of unbranched alkanes of at least 4 members (excludes halogenated alkanes) is 1. The van der Waals surface area contributed by atoms with Gasteiger partial charge in [0.05, 0.1) is 5.56 Å². The Hall–Kier alpha value is -1.01. The molecule has 7 heteroatoms. The van der Waals surface area contributed by atoms with Crippen LogP contribution in [-0.4, -0.2) is 51.1 Å². The number of likely N-dealkylation sites (N-methyl/N-ethyl adjacent to an activating group) is 1. The van der Waals surface area contributed by atoms with Gasteiger partial charge >= 0.3 is 0 Å². The van der Waals surface area contributed by atoms with Gasteiger partial charge in [-0.2, -0.15) is 0 Å². The van der Waals surface area contributed by atoms with E-state index >= 15 is 0 Å². The van der Waals surface area contributed by atoms with E-state index in [1.54, 1.807) is 6.07 Å². The molecule has 5 nitrogen and oxygen atoms in total. The summed E-state index contributed by atoms with van der Waals surface area (Å²) in [7, 11) is 3.97. The van der Waals surface area contributed by atoms with Crippen LogP contribution in [0.5, 0.6) is 5.75 Å². The zero-order valence-corrected chi connectivity index (χ0v) is 14.8. The van der Waals surface area contributed by atoms with E-state index in [9.17, 15) is 4.79 Å². The maximum absolute atomic E-state index is 12.1. The molecule has 0 radical (unpaired) electrons. The predicted octanol–water partition coefficient (Wildman–Crippen LogP) is 1.94. The number of rotatable bonds is 9. The first-order valence-corrected chi connectivity index (χ1v) is 7.00. The molecule has 0 saturated carbocycles. The number of hydrogen-bond acceptors (Lipinski definition) is 4. The predicted molar refractivity (Wildman–Crippen MR) is 95.6 cm³/mol. The number of amides is 1. The molecule has 1 aromatic carbocycles. The average molecular weight is 352 g/mol. The van der Waals surface area contributed by atoms with Crippen molar-refractivity contribution in [1.82, 2.24) is 10.2 Å². The summed E-state index contributed by atoms with van der Waals surface area (Å²) >= 11 is 0. The van der Waals surface area contributed by atoms with Crippen molar-refractivity contribution >= 4 is 30.7 Å². The average Bonchev–Trinajstić information content (AvgIpc) is 2.43. The lowest BCUT2D eigenvalue weighted by atomic mass is 10.2. The van der Waals surface area contributed by atoms with E-state index in [-0.39, 0.29) is 30.7 Å². The number of nitrogens with one attached hydrogen (secondary N) is 1. The highest BCUT2D eigenvalue weighted by Crippen LogP contribution is 2.17. The Kier molecular flexibility index (Phi) is 14.4. The van der Waals surface area contributed by atoms with Crippen molar-refractivity contribution in [2.24, 2.45) is 5.73 Å². The molecule has 0 aliphatic rings. The standard InChI is InChI=1S/C15H25N3O2.2ClH/c1-18(2)11-12-20-14-8-4-3-7-13(14)15(19)17-10-6-5-9-16;;/h3-4,7-8H,5-6,9-12,16H2,1-2H3,(H,17,19);2*1H. The molecule has 128 valence electrons. The summed E-state index contributed by atoms with van der Waals surface area (Å²) in [6, 6.07) is 7.32. The molecule has 0 fully saturated rings.